The van der Waals surface area contributed by atoms with E-state index in [1.807, 2.05) is 17.9 Å². The minimum atomic E-state index is 0.173. The molecular weight excluding hydrogens is 378 g/mol. The van der Waals surface area contributed by atoms with Gasteiger partial charge in [0.15, 0.2) is 0 Å². The number of rotatable bonds is 4. The molecule has 0 aliphatic heterocycles. The fourth-order valence-corrected chi connectivity index (χ4v) is 4.13. The summed E-state index contributed by atoms with van der Waals surface area (Å²) in [5, 5.41) is 7.82. The average Bonchev–Trinajstić information content (AvgIpc) is 2.81. The summed E-state index contributed by atoms with van der Waals surface area (Å²) < 4.78 is 4.15. The summed E-state index contributed by atoms with van der Waals surface area (Å²) in [4.78, 5) is 1.30. The minimum absolute atomic E-state index is 0.173. The molecule has 0 bridgehead atoms. The fraction of sp³-hybridized carbons (Fsp3) is 0.417. The average molecular weight is 393 g/mol. The van der Waals surface area contributed by atoms with E-state index in [0.717, 1.165) is 16.7 Å². The summed E-state index contributed by atoms with van der Waals surface area (Å²) in [5.41, 5.74) is 2.43. The van der Waals surface area contributed by atoms with Crippen molar-refractivity contribution in [1.82, 2.24) is 15.1 Å². The van der Waals surface area contributed by atoms with Crippen LogP contribution in [-0.4, -0.2) is 16.3 Å². The Balaban J connectivity index is 2.46. The predicted octanol–water partition coefficient (Wildman–Crippen LogP) is 4.01. The molecule has 98 valence electrons. The maximum atomic E-state index is 4.30. The summed E-state index contributed by atoms with van der Waals surface area (Å²) >= 11 is 8.94. The van der Waals surface area contributed by atoms with Crippen molar-refractivity contribution in [2.75, 3.05) is 6.54 Å². The first-order valence-electron chi connectivity index (χ1n) is 5.71. The fourth-order valence-electron chi connectivity index (χ4n) is 1.91. The Morgan fingerprint density at radius 1 is 1.50 bits per heavy atom. The van der Waals surface area contributed by atoms with Crippen LogP contribution < -0.4 is 5.32 Å². The molecule has 0 radical (unpaired) electrons. The number of halogens is 2. The number of hydrogen-bond acceptors (Lipinski definition) is 3. The number of nitrogens with zero attached hydrogens (tertiary/aromatic N) is 2. The number of thiophene rings is 1. The van der Waals surface area contributed by atoms with Crippen molar-refractivity contribution < 1.29 is 0 Å². The molecule has 1 unspecified atom stereocenters. The Morgan fingerprint density at radius 2 is 2.22 bits per heavy atom. The molecule has 0 aliphatic rings. The van der Waals surface area contributed by atoms with Crippen LogP contribution in [0.15, 0.2) is 20.5 Å². The van der Waals surface area contributed by atoms with Gasteiger partial charge in [0, 0.05) is 11.9 Å². The van der Waals surface area contributed by atoms with E-state index in [-0.39, 0.29) is 6.04 Å². The van der Waals surface area contributed by atoms with E-state index in [4.69, 9.17) is 0 Å². The molecule has 6 heteroatoms. The van der Waals surface area contributed by atoms with Crippen molar-refractivity contribution in [2.45, 2.75) is 19.9 Å². The van der Waals surface area contributed by atoms with Crippen LogP contribution in [0.2, 0.25) is 0 Å². The summed E-state index contributed by atoms with van der Waals surface area (Å²) in [5.74, 6) is 0. The zero-order valence-electron chi connectivity index (χ0n) is 10.5. The van der Waals surface area contributed by atoms with Gasteiger partial charge in [0.25, 0.3) is 0 Å². The van der Waals surface area contributed by atoms with Crippen molar-refractivity contribution in [3.63, 3.8) is 0 Å². The molecule has 0 amide bonds. The van der Waals surface area contributed by atoms with Gasteiger partial charge in [-0.2, -0.15) is 5.10 Å². The van der Waals surface area contributed by atoms with E-state index in [1.165, 1.54) is 14.2 Å². The Morgan fingerprint density at radius 3 is 2.67 bits per heavy atom. The van der Waals surface area contributed by atoms with Crippen molar-refractivity contribution in [2.24, 2.45) is 7.05 Å². The molecule has 0 aliphatic carbocycles. The van der Waals surface area contributed by atoms with Gasteiger partial charge in [-0.05, 0) is 57.0 Å². The molecule has 2 aromatic rings. The number of aromatic nitrogens is 2. The minimum Gasteiger partial charge on any atom is -0.305 e. The third kappa shape index (κ3) is 2.71. The maximum Gasteiger partial charge on any atom is 0.0853 e. The monoisotopic (exact) mass is 391 g/mol. The van der Waals surface area contributed by atoms with Crippen LogP contribution >= 0.6 is 43.2 Å². The molecule has 3 nitrogen and oxygen atoms in total. The molecule has 0 saturated heterocycles. The van der Waals surface area contributed by atoms with E-state index in [9.17, 15) is 0 Å². The highest BCUT2D eigenvalue weighted by molar-refractivity contribution is 9.11. The summed E-state index contributed by atoms with van der Waals surface area (Å²) in [6.07, 6.45) is 1.84. The van der Waals surface area contributed by atoms with Crippen LogP contribution in [-0.2, 0) is 7.05 Å². The molecule has 2 rings (SSSR count). The summed E-state index contributed by atoms with van der Waals surface area (Å²) in [6.45, 7) is 5.15. The lowest BCUT2D eigenvalue weighted by atomic mass is 10.1. The van der Waals surface area contributed by atoms with Gasteiger partial charge in [-0.1, -0.05) is 6.92 Å². The number of nitrogens with one attached hydrogen (secondary N) is 1. The molecular formula is C12H15Br2N3S. The van der Waals surface area contributed by atoms with Crippen LogP contribution in [0.1, 0.15) is 29.1 Å². The second kappa shape index (κ2) is 5.86. The lowest BCUT2D eigenvalue weighted by Crippen LogP contribution is -2.23. The first-order valence-corrected chi connectivity index (χ1v) is 8.11. The summed E-state index contributed by atoms with van der Waals surface area (Å²) in [7, 11) is 1.97. The molecule has 0 spiro atoms. The van der Waals surface area contributed by atoms with Gasteiger partial charge >= 0.3 is 0 Å². The van der Waals surface area contributed by atoms with E-state index in [2.05, 4.69) is 62.2 Å². The van der Waals surface area contributed by atoms with Gasteiger partial charge in [-0.15, -0.1) is 11.3 Å². The number of hydrogen-bond donors (Lipinski definition) is 1. The Labute approximate surface area is 128 Å². The van der Waals surface area contributed by atoms with Crippen LogP contribution in [0.3, 0.4) is 0 Å². The molecule has 1 atom stereocenters. The highest BCUT2D eigenvalue weighted by atomic mass is 79.9. The first-order chi connectivity index (χ1) is 8.54. The Kier molecular flexibility index (Phi) is 4.64. The molecule has 2 aromatic heterocycles. The molecule has 0 saturated carbocycles. The van der Waals surface area contributed by atoms with E-state index < -0.39 is 0 Å². The quantitative estimate of drug-likeness (QED) is 0.851. The van der Waals surface area contributed by atoms with Gasteiger partial charge in [-0.25, -0.2) is 0 Å². The van der Waals surface area contributed by atoms with E-state index in [0.29, 0.717) is 0 Å². The highest BCUT2D eigenvalue weighted by Crippen LogP contribution is 2.36. The normalized spacial score (nSPS) is 12.9. The van der Waals surface area contributed by atoms with Crippen molar-refractivity contribution in [3.05, 3.63) is 36.7 Å². The largest absolute Gasteiger partial charge is 0.305 e. The Hall–Kier alpha value is -0.170. The number of aryl methyl sites for hydroxylation is 2. The second-order valence-corrected chi connectivity index (χ2v) is 7.35. The molecule has 1 N–H and O–H groups in total. The zero-order valence-corrected chi connectivity index (χ0v) is 14.5. The lowest BCUT2D eigenvalue weighted by molar-refractivity contribution is 0.577. The SMILES string of the molecule is CCNC(c1cc(C)c(Br)s1)c1c(Br)cnn1C. The van der Waals surface area contributed by atoms with Gasteiger partial charge in [0.1, 0.15) is 0 Å². The summed E-state index contributed by atoms with van der Waals surface area (Å²) in [6, 6.07) is 2.40. The first kappa shape index (κ1) is 14.2. The van der Waals surface area contributed by atoms with Crippen molar-refractivity contribution >= 4 is 43.2 Å². The second-order valence-electron chi connectivity index (χ2n) is 4.10. The lowest BCUT2D eigenvalue weighted by Gasteiger charge is -2.17. The van der Waals surface area contributed by atoms with Gasteiger partial charge in [0.05, 0.1) is 26.2 Å². The molecule has 0 fully saturated rings. The van der Waals surface area contributed by atoms with Crippen LogP contribution in [0, 0.1) is 6.92 Å². The predicted molar refractivity (Wildman–Crippen MR) is 83.2 cm³/mol. The van der Waals surface area contributed by atoms with E-state index >= 15 is 0 Å². The third-order valence-electron chi connectivity index (χ3n) is 2.78. The van der Waals surface area contributed by atoms with Gasteiger partial charge in [-0.3, -0.25) is 4.68 Å². The molecule has 18 heavy (non-hydrogen) atoms. The van der Waals surface area contributed by atoms with Gasteiger partial charge in [0.2, 0.25) is 0 Å². The standard InChI is InChI=1S/C12H15Br2N3S/c1-4-15-10(9-5-7(2)12(14)18-9)11-8(13)6-16-17(11)3/h5-6,10,15H,4H2,1-3H3. The zero-order chi connectivity index (χ0) is 13.3. The van der Waals surface area contributed by atoms with Crippen molar-refractivity contribution in [1.29, 1.82) is 0 Å². The highest BCUT2D eigenvalue weighted by Gasteiger charge is 2.22. The third-order valence-corrected chi connectivity index (χ3v) is 5.59. The maximum absolute atomic E-state index is 4.30. The Bertz CT molecular complexity index is 509. The van der Waals surface area contributed by atoms with E-state index in [1.54, 1.807) is 11.3 Å². The van der Waals surface area contributed by atoms with Gasteiger partial charge < -0.3 is 5.32 Å². The smallest absolute Gasteiger partial charge is 0.0853 e. The van der Waals surface area contributed by atoms with Crippen LogP contribution in [0.5, 0.6) is 0 Å². The molecule has 0 aromatic carbocycles. The van der Waals surface area contributed by atoms with Crippen LogP contribution in [0.25, 0.3) is 0 Å². The van der Waals surface area contributed by atoms with Crippen molar-refractivity contribution in [3.8, 4) is 0 Å². The molecule has 2 heterocycles. The topological polar surface area (TPSA) is 29.9 Å². The van der Waals surface area contributed by atoms with Crippen LogP contribution in [0.4, 0.5) is 0 Å².